The number of nitrogens with zero attached hydrogens (tertiary/aromatic N) is 6. The van der Waals surface area contributed by atoms with E-state index < -0.39 is 26.4 Å². The Balaban J connectivity index is 1.72. The molecule has 12 heteroatoms. The highest BCUT2D eigenvalue weighted by Crippen LogP contribution is 2.41. The zero-order valence-electron chi connectivity index (χ0n) is 24.8. The Morgan fingerprint density at radius 3 is 2.71 bits per heavy atom. The lowest BCUT2D eigenvalue weighted by Crippen LogP contribution is -2.45. The van der Waals surface area contributed by atoms with Crippen LogP contribution >= 0.6 is 11.6 Å². The molecule has 0 aromatic carbocycles. The summed E-state index contributed by atoms with van der Waals surface area (Å²) in [6.45, 7) is 14.2. The van der Waals surface area contributed by atoms with Gasteiger partial charge in [0.15, 0.2) is 0 Å². The van der Waals surface area contributed by atoms with Crippen molar-refractivity contribution in [1.82, 2.24) is 19.4 Å². The first-order valence-corrected chi connectivity index (χ1v) is 18.2. The molecule has 0 radical (unpaired) electrons. The topological polar surface area (TPSA) is 96.5 Å². The van der Waals surface area contributed by atoms with Crippen LogP contribution in [0.2, 0.25) is 30.7 Å². The zero-order valence-corrected chi connectivity index (χ0v) is 26.6. The van der Waals surface area contributed by atoms with Crippen molar-refractivity contribution in [2.45, 2.75) is 77.7 Å². The van der Waals surface area contributed by atoms with Gasteiger partial charge in [-0.05, 0) is 45.7 Å². The van der Waals surface area contributed by atoms with Crippen LogP contribution in [0.25, 0.3) is 21.9 Å². The van der Waals surface area contributed by atoms with E-state index in [0.29, 0.717) is 49.2 Å². The monoisotopic (exact) mass is 602 g/mol. The van der Waals surface area contributed by atoms with Gasteiger partial charge >= 0.3 is 6.09 Å². The molecule has 3 aromatic heterocycles. The molecule has 1 saturated heterocycles. The Kier molecular flexibility index (Phi) is 9.46. The Hall–Kier alpha value is -2.94. The second kappa shape index (κ2) is 12.5. The van der Waals surface area contributed by atoms with Crippen LogP contribution < -0.4 is 4.90 Å². The largest absolute Gasteiger partial charge is 0.444 e. The summed E-state index contributed by atoms with van der Waals surface area (Å²) in [7, 11) is -1.26. The number of halogens is 2. The predicted molar refractivity (Wildman–Crippen MR) is 163 cm³/mol. The Bertz CT molecular complexity index is 1450. The van der Waals surface area contributed by atoms with E-state index in [1.165, 1.54) is 0 Å². The summed E-state index contributed by atoms with van der Waals surface area (Å²) < 4.78 is 26.9. The number of nitriles is 1. The smallest absolute Gasteiger partial charge is 0.410 e. The molecule has 222 valence electrons. The summed E-state index contributed by atoms with van der Waals surface area (Å²) in [5.41, 5.74) is 1.92. The quantitative estimate of drug-likeness (QED) is 0.191. The van der Waals surface area contributed by atoms with Crippen LogP contribution in [0.15, 0.2) is 18.5 Å². The predicted octanol–water partition coefficient (Wildman–Crippen LogP) is 6.60. The van der Waals surface area contributed by atoms with Crippen LogP contribution in [0.1, 0.15) is 39.3 Å². The van der Waals surface area contributed by atoms with E-state index in [1.807, 2.05) is 25.3 Å². The van der Waals surface area contributed by atoms with Crippen LogP contribution in [-0.4, -0.2) is 78.2 Å². The summed E-state index contributed by atoms with van der Waals surface area (Å²) >= 11 is 6.83. The number of amides is 1. The number of fused-ring (bicyclic) bond motifs is 3. The van der Waals surface area contributed by atoms with E-state index >= 15 is 0 Å². The van der Waals surface area contributed by atoms with Gasteiger partial charge in [-0.15, -0.1) is 0 Å². The molecule has 3 aromatic rings. The van der Waals surface area contributed by atoms with Crippen molar-refractivity contribution in [3.05, 3.63) is 29.2 Å². The normalized spacial score (nSPS) is 16.0. The van der Waals surface area contributed by atoms with E-state index in [9.17, 15) is 14.4 Å². The average molecular weight is 603 g/mol. The van der Waals surface area contributed by atoms with Gasteiger partial charge in [-0.2, -0.15) is 5.26 Å². The van der Waals surface area contributed by atoms with Crippen LogP contribution in [0.5, 0.6) is 0 Å². The average Bonchev–Trinajstić information content (AvgIpc) is 3.48. The Morgan fingerprint density at radius 2 is 2.05 bits per heavy atom. The van der Waals surface area contributed by atoms with Gasteiger partial charge in [-0.1, -0.05) is 31.2 Å². The fourth-order valence-electron chi connectivity index (χ4n) is 5.11. The molecule has 1 fully saturated rings. The summed E-state index contributed by atoms with van der Waals surface area (Å²) in [5, 5.41) is 11.7. The van der Waals surface area contributed by atoms with Crippen molar-refractivity contribution in [3.8, 4) is 6.07 Å². The van der Waals surface area contributed by atoms with E-state index in [4.69, 9.17) is 26.1 Å². The molecule has 0 aliphatic carbocycles. The minimum absolute atomic E-state index is 0.176. The third-order valence-corrected chi connectivity index (χ3v) is 9.08. The molecule has 0 bridgehead atoms. The van der Waals surface area contributed by atoms with Gasteiger partial charge < -0.3 is 19.3 Å². The van der Waals surface area contributed by atoms with Gasteiger partial charge in [-0.25, -0.2) is 14.8 Å². The van der Waals surface area contributed by atoms with Gasteiger partial charge in [0.1, 0.15) is 29.7 Å². The van der Waals surface area contributed by atoms with Crippen LogP contribution in [0, 0.1) is 11.3 Å². The summed E-state index contributed by atoms with van der Waals surface area (Å²) in [4.78, 5) is 25.9. The van der Waals surface area contributed by atoms with E-state index in [2.05, 4.69) is 35.6 Å². The molecule has 1 aliphatic heterocycles. The third-order valence-electron chi connectivity index (χ3n) is 7.10. The number of ether oxygens (including phenoxy) is 2. The van der Waals surface area contributed by atoms with E-state index in [1.54, 1.807) is 23.4 Å². The van der Waals surface area contributed by atoms with Crippen molar-refractivity contribution in [3.63, 3.8) is 0 Å². The van der Waals surface area contributed by atoms with Crippen LogP contribution in [-0.2, 0) is 16.2 Å². The van der Waals surface area contributed by atoms with Gasteiger partial charge in [0.25, 0.3) is 0 Å². The molecule has 9 nitrogen and oxygen atoms in total. The molecule has 41 heavy (non-hydrogen) atoms. The maximum atomic E-state index is 13.1. The molecular weight excluding hydrogens is 563 g/mol. The number of rotatable bonds is 10. The number of hydrogen-bond donors (Lipinski definition) is 0. The lowest BCUT2D eigenvalue weighted by molar-refractivity contribution is 0.0173. The maximum absolute atomic E-state index is 13.1. The standard InChI is InChI=1S/C29H40ClFN6O3Si/c1-29(2,3)40-28(38)36(10-7-9-31)21-8-11-35(18-21)26-23(30)16-34-27-25(26)22-14-20(15-32)33-17-24(22)37(27)19-39-12-13-41(4,5)6/h14,16-17,21H,7-13,18-19H2,1-6H3/t21-/m0/s1. The lowest BCUT2D eigenvalue weighted by Gasteiger charge is -2.32. The van der Waals surface area contributed by atoms with Gasteiger partial charge in [-0.3, -0.25) is 8.96 Å². The Morgan fingerprint density at radius 1 is 1.29 bits per heavy atom. The van der Waals surface area contributed by atoms with Crippen LogP contribution in [0.4, 0.5) is 14.9 Å². The molecular formula is C29H40ClFN6O3Si. The number of carbonyl (C=O) groups excluding carboxylic acids is 1. The second-order valence-electron chi connectivity index (χ2n) is 12.7. The van der Waals surface area contributed by atoms with Gasteiger partial charge in [0, 0.05) is 39.7 Å². The molecule has 0 spiro atoms. The van der Waals surface area contributed by atoms with Crippen molar-refractivity contribution in [2.75, 3.05) is 37.8 Å². The molecule has 1 atom stereocenters. The molecule has 1 aliphatic rings. The van der Waals surface area contributed by atoms with Crippen molar-refractivity contribution in [1.29, 1.82) is 5.26 Å². The number of hydrogen-bond acceptors (Lipinski definition) is 7. The second-order valence-corrected chi connectivity index (χ2v) is 18.8. The molecule has 4 rings (SSSR count). The molecule has 4 heterocycles. The fraction of sp³-hybridized carbons (Fsp3) is 0.586. The zero-order chi connectivity index (χ0) is 29.9. The minimum Gasteiger partial charge on any atom is -0.444 e. The molecule has 1 amide bonds. The number of anilines is 1. The number of aromatic nitrogens is 3. The van der Waals surface area contributed by atoms with Crippen molar-refractivity contribution >= 4 is 53.4 Å². The minimum atomic E-state index is -1.26. The van der Waals surface area contributed by atoms with Crippen molar-refractivity contribution in [2.24, 2.45) is 0 Å². The highest BCUT2D eigenvalue weighted by molar-refractivity contribution is 6.76. The Labute approximate surface area is 247 Å². The highest BCUT2D eigenvalue weighted by atomic mass is 35.5. The molecule has 0 unspecified atom stereocenters. The summed E-state index contributed by atoms with van der Waals surface area (Å²) in [6, 6.07) is 4.76. The lowest BCUT2D eigenvalue weighted by atomic mass is 10.1. The maximum Gasteiger partial charge on any atom is 0.410 e. The first kappa shape index (κ1) is 31.0. The van der Waals surface area contributed by atoms with E-state index in [-0.39, 0.29) is 19.0 Å². The molecule has 0 saturated carbocycles. The van der Waals surface area contributed by atoms with Gasteiger partial charge in [0.2, 0.25) is 0 Å². The first-order chi connectivity index (χ1) is 19.3. The molecule has 0 N–H and O–H groups in total. The van der Waals surface area contributed by atoms with Crippen LogP contribution in [0.3, 0.4) is 0 Å². The highest BCUT2D eigenvalue weighted by Gasteiger charge is 2.35. The SMILES string of the molecule is CC(C)(C)OC(=O)N(CCCF)[C@H]1CCN(c2c(Cl)cnc3c2c2cc(C#N)ncc2n3COCC[Si](C)(C)C)C1. The number of alkyl halides is 1. The summed E-state index contributed by atoms with van der Waals surface area (Å²) in [5.74, 6) is 0. The van der Waals surface area contributed by atoms with Gasteiger partial charge in [0.05, 0.1) is 46.7 Å². The number of carbonyl (C=O) groups is 1. The fourth-order valence-corrected chi connectivity index (χ4v) is 6.13. The number of pyridine rings is 2. The summed E-state index contributed by atoms with van der Waals surface area (Å²) in [6.07, 6.45) is 3.79. The van der Waals surface area contributed by atoms with Crippen molar-refractivity contribution < 1.29 is 18.7 Å². The third kappa shape index (κ3) is 7.29. The van der Waals surface area contributed by atoms with E-state index in [0.717, 1.165) is 28.0 Å². The first-order valence-electron chi connectivity index (χ1n) is 14.1.